The molecule has 3 nitrogen and oxygen atoms in total. The van der Waals surface area contributed by atoms with Crippen LogP contribution in [0.2, 0.25) is 0 Å². The van der Waals surface area contributed by atoms with Crippen molar-refractivity contribution < 1.29 is 4.79 Å². The molecule has 94 valence electrons. The van der Waals surface area contributed by atoms with Gasteiger partial charge in [0.25, 0.3) is 0 Å². The first-order valence-corrected chi connectivity index (χ1v) is 6.79. The van der Waals surface area contributed by atoms with Crippen molar-refractivity contribution in [3.05, 3.63) is 30.5 Å². The molecule has 0 spiro atoms. The Kier molecular flexibility index (Phi) is 2.82. The average molecular weight is 260 g/mol. The number of aryl methyl sites for hydroxylation is 1. The first kappa shape index (κ1) is 11.7. The highest BCUT2D eigenvalue weighted by Gasteiger charge is 2.30. The van der Waals surface area contributed by atoms with Crippen LogP contribution in [0.5, 0.6) is 0 Å². The van der Waals surface area contributed by atoms with Gasteiger partial charge in [-0.3, -0.25) is 4.79 Å². The summed E-state index contributed by atoms with van der Waals surface area (Å²) in [6.07, 6.45) is 2.65. The molecule has 1 aromatic carbocycles. The Hall–Kier alpha value is -1.42. The molecule has 0 radical (unpaired) electrons. The van der Waals surface area contributed by atoms with E-state index in [0.29, 0.717) is 12.3 Å². The molecule has 2 aromatic rings. The summed E-state index contributed by atoms with van der Waals surface area (Å²) in [6.45, 7) is 0.788. The van der Waals surface area contributed by atoms with Crippen LogP contribution in [0.1, 0.15) is 6.42 Å². The molecular formula is C14H16N2OS. The largest absolute Gasteiger partial charge is 0.350 e. The zero-order chi connectivity index (χ0) is 12.7. The van der Waals surface area contributed by atoms with Crippen LogP contribution in [-0.2, 0) is 11.8 Å². The smallest absolute Gasteiger partial charge is 0.227 e. The van der Waals surface area contributed by atoms with Gasteiger partial charge in [0.1, 0.15) is 0 Å². The van der Waals surface area contributed by atoms with Gasteiger partial charge in [0, 0.05) is 37.1 Å². The van der Waals surface area contributed by atoms with Crippen molar-refractivity contribution in [3.8, 4) is 0 Å². The molecule has 1 fully saturated rings. The van der Waals surface area contributed by atoms with Gasteiger partial charge in [0.05, 0.1) is 5.69 Å². The fourth-order valence-corrected chi connectivity index (χ4v) is 2.90. The van der Waals surface area contributed by atoms with E-state index < -0.39 is 0 Å². The molecule has 0 aliphatic carbocycles. The molecule has 18 heavy (non-hydrogen) atoms. The average Bonchev–Trinajstić information content (AvgIpc) is 2.93. The Labute approximate surface area is 112 Å². The molecule has 1 unspecified atom stereocenters. The van der Waals surface area contributed by atoms with Crippen molar-refractivity contribution in [1.29, 1.82) is 0 Å². The highest BCUT2D eigenvalue weighted by atomic mass is 32.1. The summed E-state index contributed by atoms with van der Waals surface area (Å²) in [7, 11) is 2.02. The third-order valence-electron chi connectivity index (χ3n) is 3.66. The Bertz CT molecular complexity index is 605. The van der Waals surface area contributed by atoms with E-state index in [2.05, 4.69) is 29.3 Å². The lowest BCUT2D eigenvalue weighted by molar-refractivity contribution is -0.117. The van der Waals surface area contributed by atoms with Crippen molar-refractivity contribution in [1.82, 2.24) is 4.57 Å². The van der Waals surface area contributed by atoms with Crippen molar-refractivity contribution in [2.24, 2.45) is 13.0 Å². The summed E-state index contributed by atoms with van der Waals surface area (Å²) in [5.41, 5.74) is 2.19. The molecule has 1 saturated heterocycles. The van der Waals surface area contributed by atoms with Crippen LogP contribution in [0.4, 0.5) is 5.69 Å². The number of carbonyl (C=O) groups excluding carboxylic acids is 1. The first-order chi connectivity index (χ1) is 8.70. The highest BCUT2D eigenvalue weighted by Crippen LogP contribution is 2.32. The first-order valence-electron chi connectivity index (χ1n) is 6.16. The third-order valence-corrected chi connectivity index (χ3v) is 4.18. The van der Waals surface area contributed by atoms with Crippen LogP contribution >= 0.6 is 12.6 Å². The standard InChI is InChI=1S/C14H16N2OS/c1-15-6-5-11-12(15)3-2-4-13(11)16-8-10(9-18)7-14(16)17/h2-6,10,18H,7-9H2,1H3. The second-order valence-electron chi connectivity index (χ2n) is 4.89. The third kappa shape index (κ3) is 1.72. The molecular weight excluding hydrogens is 244 g/mol. The molecule has 0 saturated carbocycles. The van der Waals surface area contributed by atoms with Crippen LogP contribution in [0.25, 0.3) is 10.9 Å². The maximum Gasteiger partial charge on any atom is 0.227 e. The number of aromatic nitrogens is 1. The molecule has 2 heterocycles. The normalized spacial score (nSPS) is 20.0. The van der Waals surface area contributed by atoms with Crippen molar-refractivity contribution in [3.63, 3.8) is 0 Å². The minimum atomic E-state index is 0.213. The van der Waals surface area contributed by atoms with Crippen molar-refractivity contribution >= 4 is 35.1 Å². The number of amides is 1. The molecule has 0 N–H and O–H groups in total. The van der Waals surface area contributed by atoms with Gasteiger partial charge in [-0.05, 0) is 29.9 Å². The molecule has 3 rings (SSSR count). The van der Waals surface area contributed by atoms with Crippen LogP contribution in [-0.4, -0.2) is 22.8 Å². The Balaban J connectivity index is 2.07. The Morgan fingerprint density at radius 1 is 1.39 bits per heavy atom. The number of nitrogens with zero attached hydrogens (tertiary/aromatic N) is 2. The van der Waals surface area contributed by atoms with Crippen LogP contribution in [0, 0.1) is 5.92 Å². The van der Waals surface area contributed by atoms with Gasteiger partial charge in [0.2, 0.25) is 5.91 Å². The molecule has 1 atom stereocenters. The van der Waals surface area contributed by atoms with E-state index in [1.807, 2.05) is 30.3 Å². The van der Waals surface area contributed by atoms with Crippen molar-refractivity contribution in [2.75, 3.05) is 17.2 Å². The van der Waals surface area contributed by atoms with Crippen LogP contribution < -0.4 is 4.90 Å². The number of rotatable bonds is 2. The SMILES string of the molecule is Cn1ccc2c(N3CC(CS)CC3=O)cccc21. The second kappa shape index (κ2) is 4.35. The minimum Gasteiger partial charge on any atom is -0.350 e. The van der Waals surface area contributed by atoms with Gasteiger partial charge in [0.15, 0.2) is 0 Å². The maximum absolute atomic E-state index is 12.1. The summed E-state index contributed by atoms with van der Waals surface area (Å²) in [5, 5.41) is 1.15. The van der Waals surface area contributed by atoms with Crippen molar-refractivity contribution in [2.45, 2.75) is 6.42 Å². The van der Waals surface area contributed by atoms with Gasteiger partial charge < -0.3 is 9.47 Å². The predicted molar refractivity (Wildman–Crippen MR) is 77.2 cm³/mol. The second-order valence-corrected chi connectivity index (χ2v) is 5.26. The number of carbonyl (C=O) groups is 1. The summed E-state index contributed by atoms with van der Waals surface area (Å²) >= 11 is 4.30. The van der Waals surface area contributed by atoms with Gasteiger partial charge in [-0.15, -0.1) is 0 Å². The highest BCUT2D eigenvalue weighted by molar-refractivity contribution is 7.80. The topological polar surface area (TPSA) is 25.2 Å². The predicted octanol–water partition coefficient (Wildman–Crippen LogP) is 2.46. The van der Waals surface area contributed by atoms with E-state index in [1.54, 1.807) is 0 Å². The molecule has 1 amide bonds. The number of anilines is 1. The molecule has 1 aliphatic heterocycles. The van der Waals surface area contributed by atoms with Gasteiger partial charge >= 0.3 is 0 Å². The Morgan fingerprint density at radius 3 is 2.94 bits per heavy atom. The molecule has 4 heteroatoms. The zero-order valence-electron chi connectivity index (χ0n) is 10.3. The monoisotopic (exact) mass is 260 g/mol. The van der Waals surface area contributed by atoms with Gasteiger partial charge in [-0.1, -0.05) is 6.07 Å². The summed E-state index contributed by atoms with van der Waals surface area (Å²) in [4.78, 5) is 14.0. The number of fused-ring (bicyclic) bond motifs is 1. The summed E-state index contributed by atoms with van der Waals surface area (Å²) < 4.78 is 2.08. The number of hydrogen-bond acceptors (Lipinski definition) is 2. The van der Waals surface area contributed by atoms with E-state index >= 15 is 0 Å². The van der Waals surface area contributed by atoms with E-state index in [1.165, 1.54) is 0 Å². The number of thiol groups is 1. The maximum atomic E-state index is 12.1. The van der Waals surface area contributed by atoms with E-state index in [4.69, 9.17) is 0 Å². The number of benzene rings is 1. The molecule has 0 bridgehead atoms. The fraction of sp³-hybridized carbons (Fsp3) is 0.357. The van der Waals surface area contributed by atoms with E-state index in [9.17, 15) is 4.79 Å². The molecule has 1 aliphatic rings. The van der Waals surface area contributed by atoms with Gasteiger partial charge in [-0.25, -0.2) is 0 Å². The number of hydrogen-bond donors (Lipinski definition) is 1. The van der Waals surface area contributed by atoms with Crippen LogP contribution in [0.15, 0.2) is 30.5 Å². The lowest BCUT2D eigenvalue weighted by Crippen LogP contribution is -2.24. The lowest BCUT2D eigenvalue weighted by atomic mass is 10.1. The Morgan fingerprint density at radius 2 is 2.22 bits per heavy atom. The quantitative estimate of drug-likeness (QED) is 0.825. The zero-order valence-corrected chi connectivity index (χ0v) is 11.2. The van der Waals surface area contributed by atoms with E-state index in [-0.39, 0.29) is 5.91 Å². The summed E-state index contributed by atoms with van der Waals surface area (Å²) in [6, 6.07) is 8.20. The summed E-state index contributed by atoms with van der Waals surface area (Å²) in [5.74, 6) is 1.36. The van der Waals surface area contributed by atoms with Gasteiger partial charge in [-0.2, -0.15) is 12.6 Å². The molecule has 1 aromatic heterocycles. The van der Waals surface area contributed by atoms with E-state index in [0.717, 1.165) is 28.9 Å². The lowest BCUT2D eigenvalue weighted by Gasteiger charge is -2.17. The fourth-order valence-electron chi connectivity index (χ4n) is 2.66. The minimum absolute atomic E-state index is 0.213. The van der Waals surface area contributed by atoms with Crippen LogP contribution in [0.3, 0.4) is 0 Å².